The summed E-state index contributed by atoms with van der Waals surface area (Å²) in [5, 5.41) is 2.57. The van der Waals surface area contributed by atoms with E-state index in [0.717, 1.165) is 5.56 Å². The lowest BCUT2D eigenvalue weighted by atomic mass is 10.1. The molecule has 0 unspecified atom stereocenters. The largest absolute Gasteiger partial charge is 0.355 e. The third-order valence-electron chi connectivity index (χ3n) is 1.84. The quantitative estimate of drug-likeness (QED) is 0.694. The summed E-state index contributed by atoms with van der Waals surface area (Å²) in [5.41, 5.74) is 4.38. The zero-order valence-electron chi connectivity index (χ0n) is 8.33. The van der Waals surface area contributed by atoms with Gasteiger partial charge in [0.1, 0.15) is 0 Å². The molecule has 0 aliphatic heterocycles. The summed E-state index contributed by atoms with van der Waals surface area (Å²) in [6.07, 6.45) is 0. The van der Waals surface area contributed by atoms with Crippen LogP contribution in [0.2, 0.25) is 0 Å². The van der Waals surface area contributed by atoms with E-state index in [-0.39, 0.29) is 5.91 Å². The Morgan fingerprint density at radius 3 is 2.93 bits per heavy atom. The molecule has 0 spiro atoms. The van der Waals surface area contributed by atoms with E-state index in [2.05, 4.69) is 10.8 Å². The number of carbonyl (C=O) groups is 1. The molecule has 14 heavy (non-hydrogen) atoms. The molecule has 2 N–H and O–H groups in total. The van der Waals surface area contributed by atoms with Crippen LogP contribution in [0.3, 0.4) is 0 Å². The second-order valence-corrected chi connectivity index (χ2v) is 2.80. The summed E-state index contributed by atoms with van der Waals surface area (Å²) < 4.78 is 0. The Morgan fingerprint density at radius 1 is 1.50 bits per heavy atom. The lowest BCUT2D eigenvalue weighted by Crippen LogP contribution is -2.18. The average Bonchev–Trinajstić information content (AvgIpc) is 2.25. The molecule has 0 fully saturated rings. The van der Waals surface area contributed by atoms with E-state index in [1.807, 2.05) is 18.2 Å². The van der Waals surface area contributed by atoms with Crippen molar-refractivity contribution in [1.82, 2.24) is 10.8 Å². The molecule has 0 bridgehead atoms. The maximum absolute atomic E-state index is 11.3. The average molecular weight is 194 g/mol. The fraction of sp³-hybridized carbons (Fsp3) is 0.300. The van der Waals surface area contributed by atoms with Gasteiger partial charge >= 0.3 is 0 Å². The van der Waals surface area contributed by atoms with Crippen molar-refractivity contribution in [3.05, 3.63) is 35.4 Å². The van der Waals surface area contributed by atoms with Crippen LogP contribution in [-0.2, 0) is 11.4 Å². The van der Waals surface area contributed by atoms with Crippen molar-refractivity contribution >= 4 is 5.91 Å². The topological polar surface area (TPSA) is 50.4 Å². The first-order valence-corrected chi connectivity index (χ1v) is 4.34. The summed E-state index contributed by atoms with van der Waals surface area (Å²) in [5.74, 6) is -0.0794. The molecule has 4 heteroatoms. The molecule has 0 aliphatic carbocycles. The number of hydrogen-bond donors (Lipinski definition) is 2. The number of rotatable bonds is 4. The van der Waals surface area contributed by atoms with Gasteiger partial charge in [-0.15, -0.1) is 0 Å². The molecular weight excluding hydrogens is 180 g/mol. The van der Waals surface area contributed by atoms with Gasteiger partial charge in [0, 0.05) is 19.2 Å². The van der Waals surface area contributed by atoms with Gasteiger partial charge in [0.2, 0.25) is 0 Å². The third-order valence-corrected chi connectivity index (χ3v) is 1.84. The molecule has 0 heterocycles. The summed E-state index contributed by atoms with van der Waals surface area (Å²) >= 11 is 0. The molecule has 1 amide bonds. The van der Waals surface area contributed by atoms with Gasteiger partial charge in [-0.05, 0) is 17.7 Å². The van der Waals surface area contributed by atoms with Gasteiger partial charge in [-0.1, -0.05) is 12.1 Å². The number of nitrogens with one attached hydrogen (secondary N) is 2. The second-order valence-electron chi connectivity index (χ2n) is 2.80. The van der Waals surface area contributed by atoms with Crippen LogP contribution in [0.25, 0.3) is 0 Å². The number of hydroxylamine groups is 1. The van der Waals surface area contributed by atoms with Gasteiger partial charge in [0.15, 0.2) is 0 Å². The zero-order valence-corrected chi connectivity index (χ0v) is 8.33. The molecule has 0 atom stereocenters. The molecule has 0 radical (unpaired) electrons. The van der Waals surface area contributed by atoms with Crippen molar-refractivity contribution in [2.24, 2.45) is 0 Å². The molecule has 0 aliphatic rings. The van der Waals surface area contributed by atoms with Crippen molar-refractivity contribution in [1.29, 1.82) is 0 Å². The zero-order chi connectivity index (χ0) is 10.4. The van der Waals surface area contributed by atoms with Gasteiger partial charge in [-0.2, -0.15) is 5.48 Å². The summed E-state index contributed by atoms with van der Waals surface area (Å²) in [7, 11) is 3.17. The van der Waals surface area contributed by atoms with Crippen molar-refractivity contribution in [2.75, 3.05) is 14.2 Å². The minimum absolute atomic E-state index is 0.0794. The number of carbonyl (C=O) groups excluding carboxylic acids is 1. The van der Waals surface area contributed by atoms with E-state index >= 15 is 0 Å². The molecule has 0 saturated carbocycles. The highest BCUT2D eigenvalue weighted by atomic mass is 16.6. The second kappa shape index (κ2) is 5.36. The maximum Gasteiger partial charge on any atom is 0.251 e. The first-order valence-electron chi connectivity index (χ1n) is 4.34. The third kappa shape index (κ3) is 2.83. The minimum Gasteiger partial charge on any atom is -0.355 e. The van der Waals surface area contributed by atoms with Crippen LogP contribution in [0.15, 0.2) is 24.3 Å². The van der Waals surface area contributed by atoms with E-state index in [1.165, 1.54) is 0 Å². The smallest absolute Gasteiger partial charge is 0.251 e. The predicted octanol–water partition coefficient (Wildman–Crippen LogP) is 0.697. The van der Waals surface area contributed by atoms with E-state index < -0.39 is 0 Å². The van der Waals surface area contributed by atoms with E-state index in [9.17, 15) is 4.79 Å². The fourth-order valence-corrected chi connectivity index (χ4v) is 1.12. The fourth-order valence-electron chi connectivity index (χ4n) is 1.12. The summed E-state index contributed by atoms with van der Waals surface area (Å²) in [6.45, 7) is 0.585. The van der Waals surface area contributed by atoms with Gasteiger partial charge in [-0.3, -0.25) is 4.79 Å². The number of benzene rings is 1. The number of amides is 1. The van der Waals surface area contributed by atoms with Gasteiger partial charge in [0.25, 0.3) is 5.91 Å². The van der Waals surface area contributed by atoms with Crippen LogP contribution in [0.5, 0.6) is 0 Å². The van der Waals surface area contributed by atoms with Gasteiger partial charge in [-0.25, -0.2) is 0 Å². The highest BCUT2D eigenvalue weighted by Gasteiger charge is 2.02. The van der Waals surface area contributed by atoms with Crippen molar-refractivity contribution < 1.29 is 9.63 Å². The van der Waals surface area contributed by atoms with Crippen LogP contribution in [0.4, 0.5) is 0 Å². The van der Waals surface area contributed by atoms with Crippen molar-refractivity contribution in [3.63, 3.8) is 0 Å². The van der Waals surface area contributed by atoms with Crippen LogP contribution in [-0.4, -0.2) is 20.1 Å². The first kappa shape index (κ1) is 10.7. The minimum atomic E-state index is -0.0794. The Morgan fingerprint density at radius 2 is 2.29 bits per heavy atom. The molecule has 1 aromatic rings. The highest BCUT2D eigenvalue weighted by Crippen LogP contribution is 2.04. The van der Waals surface area contributed by atoms with E-state index in [4.69, 9.17) is 4.84 Å². The Balaban J connectivity index is 2.73. The SMILES string of the molecule is CNC(=O)c1cccc(CNOC)c1. The van der Waals surface area contributed by atoms with Crippen LogP contribution < -0.4 is 10.8 Å². The lowest BCUT2D eigenvalue weighted by molar-refractivity contribution is 0.0866. The highest BCUT2D eigenvalue weighted by molar-refractivity contribution is 5.94. The molecule has 4 nitrogen and oxygen atoms in total. The Labute approximate surface area is 83.2 Å². The van der Waals surface area contributed by atoms with Crippen molar-refractivity contribution in [2.45, 2.75) is 6.54 Å². The Kier molecular flexibility index (Phi) is 4.10. The van der Waals surface area contributed by atoms with E-state index in [0.29, 0.717) is 12.1 Å². The lowest BCUT2D eigenvalue weighted by Gasteiger charge is -2.04. The molecule has 76 valence electrons. The summed E-state index contributed by atoms with van der Waals surface area (Å²) in [4.78, 5) is 16.0. The first-order chi connectivity index (χ1) is 6.77. The molecule has 1 aromatic carbocycles. The van der Waals surface area contributed by atoms with Gasteiger partial charge < -0.3 is 10.2 Å². The molecule has 0 aromatic heterocycles. The predicted molar refractivity (Wildman–Crippen MR) is 53.7 cm³/mol. The maximum atomic E-state index is 11.3. The Bertz CT molecular complexity index is 313. The standard InChI is InChI=1S/C10H14N2O2/c1-11-10(13)9-5-3-4-8(6-9)7-12-14-2/h3-6,12H,7H2,1-2H3,(H,11,13). The Hall–Kier alpha value is -1.39. The van der Waals surface area contributed by atoms with Crippen LogP contribution in [0, 0.1) is 0 Å². The van der Waals surface area contributed by atoms with Crippen LogP contribution >= 0.6 is 0 Å². The molecule has 0 saturated heterocycles. The number of hydrogen-bond acceptors (Lipinski definition) is 3. The molecular formula is C10H14N2O2. The van der Waals surface area contributed by atoms with Gasteiger partial charge in [0.05, 0.1) is 7.11 Å². The van der Waals surface area contributed by atoms with Crippen molar-refractivity contribution in [3.8, 4) is 0 Å². The normalized spacial score (nSPS) is 9.86. The van der Waals surface area contributed by atoms with Crippen LogP contribution in [0.1, 0.15) is 15.9 Å². The molecule has 1 rings (SSSR count). The van der Waals surface area contributed by atoms with E-state index in [1.54, 1.807) is 20.2 Å². The monoisotopic (exact) mass is 194 g/mol. The summed E-state index contributed by atoms with van der Waals surface area (Å²) in [6, 6.07) is 7.37.